The Kier molecular flexibility index (Phi) is 6.60. The van der Waals surface area contributed by atoms with E-state index < -0.39 is 21.7 Å². The molecule has 0 aromatic heterocycles. The number of aryl methyl sites for hydroxylation is 1. The highest BCUT2D eigenvalue weighted by atomic mass is 35.5. The number of hydrogen-bond acceptors (Lipinski definition) is 4. The van der Waals surface area contributed by atoms with Crippen LogP contribution >= 0.6 is 11.6 Å². The smallest absolute Gasteiger partial charge is 0.264 e. The number of halogens is 1. The molecule has 0 bridgehead atoms. The molecule has 178 valence electrons. The van der Waals surface area contributed by atoms with Gasteiger partial charge in [-0.05, 0) is 63.1 Å². The Morgan fingerprint density at radius 1 is 1.09 bits per heavy atom. The summed E-state index contributed by atoms with van der Waals surface area (Å²) in [5.41, 5.74) is 1.77. The fraction of sp³-hybridized carbons (Fsp3) is 0.269. The van der Waals surface area contributed by atoms with Gasteiger partial charge in [-0.3, -0.25) is 9.10 Å². The van der Waals surface area contributed by atoms with Crippen LogP contribution in [-0.2, 0) is 21.2 Å². The molecule has 6 nitrogen and oxygen atoms in total. The van der Waals surface area contributed by atoms with Gasteiger partial charge in [0.15, 0.2) is 6.10 Å². The van der Waals surface area contributed by atoms with Crippen molar-refractivity contribution in [3.05, 3.63) is 88.9 Å². The molecular formula is C26H27ClN2O4S. The van der Waals surface area contributed by atoms with Gasteiger partial charge >= 0.3 is 0 Å². The molecule has 1 amide bonds. The summed E-state index contributed by atoms with van der Waals surface area (Å²) in [5, 5.41) is 3.40. The molecular weight excluding hydrogens is 472 g/mol. The Morgan fingerprint density at radius 2 is 1.76 bits per heavy atom. The molecule has 0 spiro atoms. The van der Waals surface area contributed by atoms with E-state index >= 15 is 0 Å². The van der Waals surface area contributed by atoms with E-state index in [0.29, 0.717) is 17.1 Å². The molecule has 3 aromatic rings. The van der Waals surface area contributed by atoms with E-state index in [2.05, 4.69) is 5.32 Å². The quantitative estimate of drug-likeness (QED) is 0.532. The number of carbonyl (C=O) groups is 1. The van der Waals surface area contributed by atoms with Crippen LogP contribution in [0.2, 0.25) is 5.02 Å². The second kappa shape index (κ2) is 9.31. The third kappa shape index (κ3) is 5.21. The molecule has 1 heterocycles. The van der Waals surface area contributed by atoms with Crippen LogP contribution < -0.4 is 14.4 Å². The molecule has 0 fully saturated rings. The molecule has 3 aromatic carbocycles. The number of sulfonamides is 1. The highest BCUT2D eigenvalue weighted by Gasteiger charge is 2.39. The summed E-state index contributed by atoms with van der Waals surface area (Å²) >= 11 is 6.17. The lowest BCUT2D eigenvalue weighted by molar-refractivity contribution is -0.129. The highest BCUT2D eigenvalue weighted by Crippen LogP contribution is 2.39. The normalized spacial score (nSPS) is 15.9. The molecule has 0 radical (unpaired) electrons. The van der Waals surface area contributed by atoms with Crippen LogP contribution in [-0.4, -0.2) is 32.5 Å². The number of carbonyl (C=O) groups excluding carboxylic acids is 1. The Bertz CT molecular complexity index is 1290. The largest absolute Gasteiger partial charge is 0.476 e. The number of fused-ring (bicyclic) bond motifs is 1. The Balaban J connectivity index is 1.62. The average molecular weight is 499 g/mol. The van der Waals surface area contributed by atoms with E-state index in [9.17, 15) is 13.2 Å². The van der Waals surface area contributed by atoms with Crippen molar-refractivity contribution in [3.8, 4) is 5.75 Å². The van der Waals surface area contributed by atoms with Crippen molar-refractivity contribution < 1.29 is 17.9 Å². The van der Waals surface area contributed by atoms with Crippen LogP contribution in [0.5, 0.6) is 5.75 Å². The molecule has 0 saturated carbocycles. The number of benzene rings is 3. The number of anilines is 1. The zero-order chi connectivity index (χ0) is 24.5. The van der Waals surface area contributed by atoms with Gasteiger partial charge in [0.2, 0.25) is 0 Å². The van der Waals surface area contributed by atoms with Gasteiger partial charge in [-0.25, -0.2) is 8.42 Å². The first-order chi connectivity index (χ1) is 16.0. The van der Waals surface area contributed by atoms with Crippen LogP contribution in [0, 0.1) is 6.92 Å². The predicted molar refractivity (Wildman–Crippen MR) is 134 cm³/mol. The summed E-state index contributed by atoms with van der Waals surface area (Å²) < 4.78 is 34.3. The second-order valence-electron chi connectivity index (χ2n) is 9.10. The van der Waals surface area contributed by atoms with Crippen molar-refractivity contribution in [2.24, 2.45) is 0 Å². The molecule has 8 heteroatoms. The van der Waals surface area contributed by atoms with Crippen molar-refractivity contribution in [2.45, 2.75) is 43.7 Å². The van der Waals surface area contributed by atoms with Crippen LogP contribution in [0.15, 0.2) is 77.7 Å². The summed E-state index contributed by atoms with van der Waals surface area (Å²) in [6.45, 7) is 5.57. The van der Waals surface area contributed by atoms with Gasteiger partial charge < -0.3 is 10.1 Å². The standard InChI is InChI=1S/C26H27ClN2O4S/c1-18-9-12-21(13-10-18)34(31,32)29-17-24(33-23-14-11-20(27)15-22(23)29)25(30)28-26(2,3)16-19-7-5-4-6-8-19/h4-15,24H,16-17H2,1-3H3,(H,28,30)/t24-/m1/s1. The van der Waals surface area contributed by atoms with E-state index in [0.717, 1.165) is 11.1 Å². The third-order valence-corrected chi connectivity index (χ3v) is 7.67. The van der Waals surface area contributed by atoms with E-state index in [4.69, 9.17) is 16.3 Å². The Morgan fingerprint density at radius 3 is 2.44 bits per heavy atom. The lowest BCUT2D eigenvalue weighted by Crippen LogP contribution is -2.55. The van der Waals surface area contributed by atoms with Gasteiger partial charge in [-0.2, -0.15) is 0 Å². The molecule has 0 aliphatic carbocycles. The summed E-state index contributed by atoms with van der Waals surface area (Å²) in [7, 11) is -3.95. The number of ether oxygens (including phenoxy) is 1. The molecule has 34 heavy (non-hydrogen) atoms. The summed E-state index contributed by atoms with van der Waals surface area (Å²) in [6, 6.07) is 21.2. The second-order valence-corrected chi connectivity index (χ2v) is 11.4. The number of nitrogens with one attached hydrogen (secondary N) is 1. The third-order valence-electron chi connectivity index (χ3n) is 5.64. The number of rotatable bonds is 6. The average Bonchev–Trinajstić information content (AvgIpc) is 2.78. The zero-order valence-corrected chi connectivity index (χ0v) is 20.9. The first-order valence-corrected chi connectivity index (χ1v) is 12.8. The summed E-state index contributed by atoms with van der Waals surface area (Å²) in [4.78, 5) is 13.4. The number of amides is 1. The molecule has 4 rings (SSSR count). The van der Waals surface area contributed by atoms with Gasteiger partial charge in [-0.15, -0.1) is 0 Å². The van der Waals surface area contributed by atoms with Gasteiger partial charge in [0.05, 0.1) is 17.1 Å². The SMILES string of the molecule is Cc1ccc(S(=O)(=O)N2C[C@H](C(=O)NC(C)(C)Cc3ccccc3)Oc3ccc(Cl)cc32)cc1. The fourth-order valence-corrected chi connectivity index (χ4v) is 5.62. The van der Waals surface area contributed by atoms with Gasteiger partial charge in [0.25, 0.3) is 15.9 Å². The molecule has 0 saturated heterocycles. The summed E-state index contributed by atoms with van der Waals surface area (Å²) in [5.74, 6) is -0.0991. The van der Waals surface area contributed by atoms with Crippen LogP contribution in [0.25, 0.3) is 0 Å². The minimum absolute atomic E-state index is 0.134. The number of hydrogen-bond donors (Lipinski definition) is 1. The monoisotopic (exact) mass is 498 g/mol. The van der Waals surface area contributed by atoms with Gasteiger partial charge in [-0.1, -0.05) is 59.6 Å². The van der Waals surface area contributed by atoms with Crippen LogP contribution in [0.1, 0.15) is 25.0 Å². The fourth-order valence-electron chi connectivity index (χ4n) is 3.99. The van der Waals surface area contributed by atoms with E-state index in [1.165, 1.54) is 10.4 Å². The Hall–Kier alpha value is -3.03. The van der Waals surface area contributed by atoms with Gasteiger partial charge in [0, 0.05) is 10.6 Å². The molecule has 1 atom stereocenters. The lowest BCUT2D eigenvalue weighted by Gasteiger charge is -2.36. The maximum atomic E-state index is 13.6. The first-order valence-electron chi connectivity index (χ1n) is 11.0. The molecule has 1 aliphatic heterocycles. The minimum atomic E-state index is -3.95. The van der Waals surface area contributed by atoms with E-state index in [1.54, 1.807) is 36.4 Å². The highest BCUT2D eigenvalue weighted by molar-refractivity contribution is 7.92. The maximum absolute atomic E-state index is 13.6. The van der Waals surface area contributed by atoms with Crippen molar-refractivity contribution in [1.82, 2.24) is 5.32 Å². The predicted octanol–water partition coefficient (Wildman–Crippen LogP) is 4.74. The van der Waals surface area contributed by atoms with Crippen molar-refractivity contribution in [2.75, 3.05) is 10.8 Å². The van der Waals surface area contributed by atoms with Crippen molar-refractivity contribution in [3.63, 3.8) is 0 Å². The van der Waals surface area contributed by atoms with E-state index in [-0.39, 0.29) is 23.1 Å². The van der Waals surface area contributed by atoms with E-state index in [1.807, 2.05) is 51.1 Å². The van der Waals surface area contributed by atoms with Crippen molar-refractivity contribution >= 4 is 33.2 Å². The lowest BCUT2D eigenvalue weighted by atomic mass is 9.94. The molecule has 0 unspecified atom stereocenters. The van der Waals surface area contributed by atoms with Crippen LogP contribution in [0.3, 0.4) is 0 Å². The van der Waals surface area contributed by atoms with Gasteiger partial charge in [0.1, 0.15) is 5.75 Å². The van der Waals surface area contributed by atoms with Crippen LogP contribution in [0.4, 0.5) is 5.69 Å². The number of nitrogens with zero attached hydrogens (tertiary/aromatic N) is 1. The Labute approximate surface area is 205 Å². The molecule has 1 aliphatic rings. The molecule has 1 N–H and O–H groups in total. The first kappa shape index (κ1) is 24.1. The summed E-state index contributed by atoms with van der Waals surface area (Å²) in [6.07, 6.45) is -0.409. The minimum Gasteiger partial charge on any atom is -0.476 e. The van der Waals surface area contributed by atoms with Crippen molar-refractivity contribution in [1.29, 1.82) is 0 Å². The topological polar surface area (TPSA) is 75.7 Å². The zero-order valence-electron chi connectivity index (χ0n) is 19.3. The maximum Gasteiger partial charge on any atom is 0.264 e.